The average Bonchev–Trinajstić information content (AvgIpc) is 2.33. The first-order valence-corrected chi connectivity index (χ1v) is 5.06. The molecule has 3 nitrogen and oxygen atoms in total. The molecule has 0 unspecified atom stereocenters. The maximum absolute atomic E-state index is 12.9. The van der Waals surface area contributed by atoms with Crippen molar-refractivity contribution in [1.82, 2.24) is 0 Å². The Kier molecular flexibility index (Phi) is 3.14. The van der Waals surface area contributed by atoms with Gasteiger partial charge in [-0.3, -0.25) is 0 Å². The normalized spacial score (nSPS) is 10.0. The van der Waals surface area contributed by atoms with Crippen LogP contribution in [0, 0.1) is 5.82 Å². The lowest BCUT2D eigenvalue weighted by atomic mass is 10.3. The molecule has 17 heavy (non-hydrogen) atoms. The van der Waals surface area contributed by atoms with Crippen LogP contribution in [-0.4, -0.2) is 7.11 Å². The summed E-state index contributed by atoms with van der Waals surface area (Å²) in [5, 5.41) is 0. The Hall–Kier alpha value is -2.23. The largest absolute Gasteiger partial charge is 0.493 e. The predicted octanol–water partition coefficient (Wildman–Crippen LogP) is 3.21. The molecule has 0 radical (unpaired) electrons. The molecule has 0 bridgehead atoms. The van der Waals surface area contributed by atoms with Crippen molar-refractivity contribution in [2.45, 2.75) is 0 Å². The summed E-state index contributed by atoms with van der Waals surface area (Å²) in [6, 6.07) is 11.2. The number of methoxy groups -OCH3 is 1. The van der Waals surface area contributed by atoms with Crippen molar-refractivity contribution in [2.75, 3.05) is 12.8 Å². The lowest BCUT2D eigenvalue weighted by Gasteiger charge is -2.11. The summed E-state index contributed by atoms with van der Waals surface area (Å²) in [7, 11) is 1.55. The first-order valence-electron chi connectivity index (χ1n) is 5.06. The van der Waals surface area contributed by atoms with E-state index in [2.05, 4.69) is 0 Å². The maximum Gasteiger partial charge on any atom is 0.169 e. The zero-order valence-corrected chi connectivity index (χ0v) is 9.31. The molecule has 0 amide bonds. The lowest BCUT2D eigenvalue weighted by Crippen LogP contribution is -1.94. The third-order valence-electron chi connectivity index (χ3n) is 2.26. The summed E-state index contributed by atoms with van der Waals surface area (Å²) in [4.78, 5) is 0. The Labute approximate surface area is 98.6 Å². The maximum atomic E-state index is 12.9. The number of hydrogen-bond acceptors (Lipinski definition) is 3. The molecular formula is C13H12FNO2. The minimum Gasteiger partial charge on any atom is -0.493 e. The van der Waals surface area contributed by atoms with Crippen molar-refractivity contribution >= 4 is 5.69 Å². The van der Waals surface area contributed by atoms with Gasteiger partial charge in [0.05, 0.1) is 12.8 Å². The first kappa shape index (κ1) is 11.3. The van der Waals surface area contributed by atoms with Crippen LogP contribution in [-0.2, 0) is 0 Å². The first-order chi connectivity index (χ1) is 8.20. The molecule has 0 aliphatic rings. The Bertz CT molecular complexity index is 529. The van der Waals surface area contributed by atoms with Gasteiger partial charge in [0.25, 0.3) is 0 Å². The quantitative estimate of drug-likeness (QED) is 0.828. The van der Waals surface area contributed by atoms with Crippen LogP contribution in [0.2, 0.25) is 0 Å². The molecule has 88 valence electrons. The highest BCUT2D eigenvalue weighted by Gasteiger charge is 2.07. The molecule has 2 N–H and O–H groups in total. The predicted molar refractivity (Wildman–Crippen MR) is 63.9 cm³/mol. The number of anilines is 1. The second-order valence-corrected chi connectivity index (χ2v) is 3.44. The van der Waals surface area contributed by atoms with Gasteiger partial charge in [-0.2, -0.15) is 0 Å². The van der Waals surface area contributed by atoms with E-state index >= 15 is 0 Å². The van der Waals surface area contributed by atoms with Crippen molar-refractivity contribution in [3.05, 3.63) is 48.3 Å². The minimum atomic E-state index is -0.394. The third kappa shape index (κ3) is 2.47. The molecule has 4 heteroatoms. The van der Waals surface area contributed by atoms with Crippen LogP contribution in [0.25, 0.3) is 0 Å². The van der Waals surface area contributed by atoms with Crippen molar-refractivity contribution in [2.24, 2.45) is 0 Å². The minimum absolute atomic E-state index is 0.246. The van der Waals surface area contributed by atoms with Crippen LogP contribution in [0.4, 0.5) is 10.1 Å². The van der Waals surface area contributed by atoms with Gasteiger partial charge in [-0.15, -0.1) is 0 Å². The zero-order valence-electron chi connectivity index (χ0n) is 9.31. The van der Waals surface area contributed by atoms with Crippen LogP contribution < -0.4 is 15.2 Å². The smallest absolute Gasteiger partial charge is 0.169 e. The van der Waals surface area contributed by atoms with Crippen LogP contribution >= 0.6 is 0 Å². The number of nitrogens with two attached hydrogens (primary N) is 1. The van der Waals surface area contributed by atoms with Crippen molar-refractivity contribution in [3.8, 4) is 17.2 Å². The molecule has 0 atom stereocenters. The number of rotatable bonds is 3. The molecule has 0 heterocycles. The Morgan fingerprint density at radius 1 is 1.00 bits per heavy atom. The number of nitrogen functional groups attached to an aromatic ring is 1. The van der Waals surface area contributed by atoms with Gasteiger partial charge in [0.1, 0.15) is 5.82 Å². The molecule has 0 aromatic heterocycles. The average molecular weight is 233 g/mol. The van der Waals surface area contributed by atoms with Crippen LogP contribution in [0.15, 0.2) is 42.5 Å². The van der Waals surface area contributed by atoms with Crippen LogP contribution in [0.5, 0.6) is 17.2 Å². The fourth-order valence-corrected chi connectivity index (χ4v) is 1.43. The van der Waals surface area contributed by atoms with E-state index in [1.807, 2.05) is 12.1 Å². The number of halogens is 1. The molecule has 2 aromatic carbocycles. The van der Waals surface area contributed by atoms with E-state index in [1.165, 1.54) is 18.2 Å². The Balaban J connectivity index is 2.31. The molecule has 0 spiro atoms. The number of benzene rings is 2. The summed E-state index contributed by atoms with van der Waals surface area (Å²) in [6.45, 7) is 0. The summed E-state index contributed by atoms with van der Waals surface area (Å²) >= 11 is 0. The van der Waals surface area contributed by atoms with Gasteiger partial charge < -0.3 is 15.2 Å². The monoisotopic (exact) mass is 233 g/mol. The highest BCUT2D eigenvalue weighted by molar-refractivity contribution is 5.55. The molecule has 0 saturated carbocycles. The molecule has 0 aliphatic carbocycles. The van der Waals surface area contributed by atoms with Crippen molar-refractivity contribution in [1.29, 1.82) is 0 Å². The number of para-hydroxylation sites is 2. The Morgan fingerprint density at radius 2 is 1.71 bits per heavy atom. The van der Waals surface area contributed by atoms with Gasteiger partial charge in [0, 0.05) is 6.07 Å². The Morgan fingerprint density at radius 3 is 2.35 bits per heavy atom. The van der Waals surface area contributed by atoms with Gasteiger partial charge in [0.15, 0.2) is 17.2 Å². The van der Waals surface area contributed by atoms with E-state index < -0.39 is 5.82 Å². The molecule has 0 fully saturated rings. The van der Waals surface area contributed by atoms with E-state index in [0.29, 0.717) is 17.2 Å². The fraction of sp³-hybridized carbons (Fsp3) is 0.0769. The van der Waals surface area contributed by atoms with Crippen LogP contribution in [0.3, 0.4) is 0 Å². The second-order valence-electron chi connectivity index (χ2n) is 3.44. The summed E-state index contributed by atoms with van der Waals surface area (Å²) < 4.78 is 23.6. The molecule has 0 saturated heterocycles. The van der Waals surface area contributed by atoms with Crippen molar-refractivity contribution < 1.29 is 13.9 Å². The standard InChI is InChI=1S/C13H12FNO2/c1-16-12-4-2-3-5-13(12)17-11-7-6-9(14)8-10(11)15/h2-8H,15H2,1H3. The molecule has 2 aromatic rings. The fourth-order valence-electron chi connectivity index (χ4n) is 1.43. The summed E-state index contributed by atoms with van der Waals surface area (Å²) in [6.07, 6.45) is 0. The summed E-state index contributed by atoms with van der Waals surface area (Å²) in [5.74, 6) is 1.13. The van der Waals surface area contributed by atoms with Gasteiger partial charge >= 0.3 is 0 Å². The van der Waals surface area contributed by atoms with Gasteiger partial charge in [-0.05, 0) is 24.3 Å². The van der Waals surface area contributed by atoms with Crippen LogP contribution in [0.1, 0.15) is 0 Å². The SMILES string of the molecule is COc1ccccc1Oc1ccc(F)cc1N. The molecular weight excluding hydrogens is 221 g/mol. The number of hydrogen-bond donors (Lipinski definition) is 1. The van der Waals surface area contributed by atoms with E-state index in [-0.39, 0.29) is 5.69 Å². The molecule has 2 rings (SSSR count). The van der Waals surface area contributed by atoms with Crippen molar-refractivity contribution in [3.63, 3.8) is 0 Å². The topological polar surface area (TPSA) is 44.5 Å². The van der Waals surface area contributed by atoms with E-state index in [4.69, 9.17) is 15.2 Å². The van der Waals surface area contributed by atoms with Gasteiger partial charge in [0.2, 0.25) is 0 Å². The van der Waals surface area contributed by atoms with Gasteiger partial charge in [-0.1, -0.05) is 12.1 Å². The third-order valence-corrected chi connectivity index (χ3v) is 2.26. The summed E-state index contributed by atoms with van der Waals surface area (Å²) in [5.41, 5.74) is 5.90. The van der Waals surface area contributed by atoms with E-state index in [0.717, 1.165) is 0 Å². The number of ether oxygens (including phenoxy) is 2. The second kappa shape index (κ2) is 4.74. The van der Waals surface area contributed by atoms with Gasteiger partial charge in [-0.25, -0.2) is 4.39 Å². The highest BCUT2D eigenvalue weighted by atomic mass is 19.1. The molecule has 0 aliphatic heterocycles. The highest BCUT2D eigenvalue weighted by Crippen LogP contribution is 2.33. The van der Waals surface area contributed by atoms with E-state index in [9.17, 15) is 4.39 Å². The lowest BCUT2D eigenvalue weighted by molar-refractivity contribution is 0.379. The van der Waals surface area contributed by atoms with E-state index in [1.54, 1.807) is 19.2 Å². The zero-order chi connectivity index (χ0) is 12.3.